The number of alkyl halides is 2. The lowest BCUT2D eigenvalue weighted by atomic mass is 10.1. The van der Waals surface area contributed by atoms with Gasteiger partial charge in [0.15, 0.2) is 0 Å². The number of halogens is 2. The normalized spacial score (nSPS) is 10.7. The van der Waals surface area contributed by atoms with Gasteiger partial charge < -0.3 is 0 Å². The van der Waals surface area contributed by atoms with Gasteiger partial charge in [0, 0.05) is 20.4 Å². The zero-order chi connectivity index (χ0) is 9.97. The predicted octanol–water partition coefficient (Wildman–Crippen LogP) is 5.27. The van der Waals surface area contributed by atoms with Crippen molar-refractivity contribution < 1.29 is 0 Å². The highest BCUT2D eigenvalue weighted by atomic mass is 79.9. The van der Waals surface area contributed by atoms with Crippen LogP contribution in [0.4, 0.5) is 0 Å². The fourth-order valence-electron chi connectivity index (χ4n) is 1.37. The van der Waals surface area contributed by atoms with Gasteiger partial charge in [0.2, 0.25) is 0 Å². The minimum atomic E-state index is 0.942. The van der Waals surface area contributed by atoms with Crippen LogP contribution in [0.25, 0.3) is 11.1 Å². The van der Waals surface area contributed by atoms with Crippen molar-refractivity contribution in [3.63, 3.8) is 0 Å². The van der Waals surface area contributed by atoms with Crippen molar-refractivity contribution in [3.05, 3.63) is 32.6 Å². The first kappa shape index (κ1) is 10.9. The summed E-state index contributed by atoms with van der Waals surface area (Å²) >= 11 is 10.7. The van der Waals surface area contributed by atoms with E-state index in [1.807, 2.05) is 22.7 Å². The van der Waals surface area contributed by atoms with Gasteiger partial charge in [0.1, 0.15) is 0 Å². The molecule has 0 N–H and O–H groups in total. The fourth-order valence-corrected chi connectivity index (χ4v) is 4.24. The summed E-state index contributed by atoms with van der Waals surface area (Å²) < 4.78 is 0. The Balaban J connectivity index is 2.48. The van der Waals surface area contributed by atoms with Gasteiger partial charge in [-0.05, 0) is 34.0 Å². The largest absolute Gasteiger partial charge is 0.147 e. The summed E-state index contributed by atoms with van der Waals surface area (Å²) in [6, 6.07) is 4.41. The zero-order valence-corrected chi connectivity index (χ0v) is 12.1. The van der Waals surface area contributed by atoms with E-state index in [9.17, 15) is 0 Å². The summed E-state index contributed by atoms with van der Waals surface area (Å²) in [4.78, 5) is 2.82. The Morgan fingerprint density at radius 3 is 1.64 bits per heavy atom. The highest BCUT2D eigenvalue weighted by Crippen LogP contribution is 2.35. The molecular formula is C10H8Br2S2. The van der Waals surface area contributed by atoms with Gasteiger partial charge in [-0.15, -0.1) is 22.7 Å². The second-order valence-corrected chi connectivity index (χ2v) is 5.90. The second-order valence-electron chi connectivity index (χ2n) is 2.78. The van der Waals surface area contributed by atoms with Gasteiger partial charge in [0.25, 0.3) is 0 Å². The molecule has 0 aliphatic carbocycles. The number of rotatable bonds is 3. The van der Waals surface area contributed by atoms with Crippen molar-refractivity contribution in [1.29, 1.82) is 0 Å². The summed E-state index contributed by atoms with van der Waals surface area (Å²) in [5.74, 6) is 0. The highest BCUT2D eigenvalue weighted by molar-refractivity contribution is 9.08. The summed E-state index contributed by atoms with van der Waals surface area (Å²) in [6.07, 6.45) is 0. The summed E-state index contributed by atoms with van der Waals surface area (Å²) in [6.45, 7) is 0. The molecule has 0 spiro atoms. The van der Waals surface area contributed by atoms with E-state index in [-0.39, 0.29) is 0 Å². The third-order valence-electron chi connectivity index (χ3n) is 2.02. The van der Waals surface area contributed by atoms with E-state index in [1.165, 1.54) is 20.9 Å². The van der Waals surface area contributed by atoms with Crippen LogP contribution in [0.1, 0.15) is 9.75 Å². The first-order valence-electron chi connectivity index (χ1n) is 4.12. The molecule has 0 amide bonds. The van der Waals surface area contributed by atoms with Crippen molar-refractivity contribution in [2.24, 2.45) is 0 Å². The third kappa shape index (κ3) is 1.98. The van der Waals surface area contributed by atoms with Crippen molar-refractivity contribution in [2.45, 2.75) is 10.7 Å². The lowest BCUT2D eigenvalue weighted by Crippen LogP contribution is -1.80. The van der Waals surface area contributed by atoms with Crippen LogP contribution in [0.3, 0.4) is 0 Å². The minimum absolute atomic E-state index is 0.942. The van der Waals surface area contributed by atoms with E-state index >= 15 is 0 Å². The maximum Gasteiger partial charge on any atom is 0.0383 e. The van der Waals surface area contributed by atoms with Crippen molar-refractivity contribution >= 4 is 54.5 Å². The summed E-state index contributed by atoms with van der Waals surface area (Å²) in [7, 11) is 0. The maximum absolute atomic E-state index is 3.52. The van der Waals surface area contributed by atoms with Gasteiger partial charge in [-0.1, -0.05) is 31.9 Å². The molecule has 0 saturated carbocycles. The van der Waals surface area contributed by atoms with Crippen LogP contribution in [-0.4, -0.2) is 0 Å². The van der Waals surface area contributed by atoms with E-state index in [0.29, 0.717) is 0 Å². The molecule has 0 unspecified atom stereocenters. The number of hydrogen-bond acceptors (Lipinski definition) is 2. The Morgan fingerprint density at radius 2 is 1.29 bits per heavy atom. The molecule has 0 aliphatic rings. The van der Waals surface area contributed by atoms with E-state index in [1.54, 1.807) is 0 Å². The van der Waals surface area contributed by atoms with Gasteiger partial charge in [-0.2, -0.15) is 0 Å². The SMILES string of the molecule is BrCc1sccc1-c1ccsc1CBr. The average Bonchev–Trinajstić information content (AvgIpc) is 2.85. The number of hydrogen-bond donors (Lipinski definition) is 0. The van der Waals surface area contributed by atoms with Crippen LogP contribution in [0.15, 0.2) is 22.9 Å². The van der Waals surface area contributed by atoms with E-state index in [2.05, 4.69) is 54.8 Å². The maximum atomic E-state index is 3.52. The van der Waals surface area contributed by atoms with Gasteiger partial charge in [-0.3, -0.25) is 0 Å². The summed E-state index contributed by atoms with van der Waals surface area (Å²) in [5, 5.41) is 6.19. The van der Waals surface area contributed by atoms with Gasteiger partial charge in [0.05, 0.1) is 0 Å². The molecule has 0 fully saturated rings. The van der Waals surface area contributed by atoms with E-state index in [4.69, 9.17) is 0 Å². The van der Waals surface area contributed by atoms with Gasteiger partial charge >= 0.3 is 0 Å². The molecule has 2 rings (SSSR count). The predicted molar refractivity (Wildman–Crippen MR) is 72.9 cm³/mol. The Labute approximate surface area is 108 Å². The molecule has 0 atom stereocenters. The second kappa shape index (κ2) is 4.92. The molecule has 2 aromatic rings. The zero-order valence-electron chi connectivity index (χ0n) is 7.30. The van der Waals surface area contributed by atoms with Crippen LogP contribution >= 0.6 is 54.5 Å². The Morgan fingerprint density at radius 1 is 0.857 bits per heavy atom. The molecule has 0 nitrogen and oxygen atoms in total. The lowest BCUT2D eigenvalue weighted by Gasteiger charge is -2.00. The monoisotopic (exact) mass is 350 g/mol. The fraction of sp³-hybridized carbons (Fsp3) is 0.200. The van der Waals surface area contributed by atoms with Crippen LogP contribution in [0.5, 0.6) is 0 Å². The highest BCUT2D eigenvalue weighted by Gasteiger charge is 2.10. The van der Waals surface area contributed by atoms with E-state index < -0.39 is 0 Å². The Hall–Kier alpha value is 0.360. The first-order chi connectivity index (χ1) is 6.86. The smallest absolute Gasteiger partial charge is 0.0383 e. The van der Waals surface area contributed by atoms with Gasteiger partial charge in [-0.25, -0.2) is 0 Å². The van der Waals surface area contributed by atoms with Crippen molar-refractivity contribution in [3.8, 4) is 11.1 Å². The number of thiophene rings is 2. The lowest BCUT2D eigenvalue weighted by molar-refractivity contribution is 1.52. The molecule has 4 heteroatoms. The molecule has 14 heavy (non-hydrogen) atoms. The topological polar surface area (TPSA) is 0 Å². The molecule has 2 aromatic heterocycles. The van der Waals surface area contributed by atoms with Crippen LogP contribution in [-0.2, 0) is 10.7 Å². The Bertz CT molecular complexity index is 377. The third-order valence-corrected chi connectivity index (χ3v) is 5.73. The standard InChI is InChI=1S/C10H8Br2S2/c11-5-9-7(1-3-13-9)8-2-4-14-10(8)6-12/h1-4H,5-6H2. The summed E-state index contributed by atoms with van der Waals surface area (Å²) in [5.41, 5.74) is 2.75. The van der Waals surface area contributed by atoms with Crippen LogP contribution in [0.2, 0.25) is 0 Å². The molecule has 74 valence electrons. The quantitative estimate of drug-likeness (QED) is 0.661. The van der Waals surface area contributed by atoms with Crippen molar-refractivity contribution in [2.75, 3.05) is 0 Å². The average molecular weight is 352 g/mol. The van der Waals surface area contributed by atoms with E-state index in [0.717, 1.165) is 10.7 Å². The van der Waals surface area contributed by atoms with Crippen molar-refractivity contribution in [1.82, 2.24) is 0 Å². The van der Waals surface area contributed by atoms with Crippen LogP contribution < -0.4 is 0 Å². The molecule has 0 aliphatic heterocycles. The van der Waals surface area contributed by atoms with Crippen LogP contribution in [0, 0.1) is 0 Å². The molecule has 2 heterocycles. The minimum Gasteiger partial charge on any atom is -0.147 e. The first-order valence-corrected chi connectivity index (χ1v) is 8.12. The molecule has 0 bridgehead atoms. The molecule has 0 aromatic carbocycles. The molecule has 0 saturated heterocycles. The molecular weight excluding hydrogens is 344 g/mol. The molecule has 0 radical (unpaired) electrons. The Kier molecular flexibility index (Phi) is 3.82.